The van der Waals surface area contributed by atoms with E-state index in [1.54, 1.807) is 0 Å². The fourth-order valence-electron chi connectivity index (χ4n) is 3.53. The number of halogens is 3. The van der Waals surface area contributed by atoms with Gasteiger partial charge in [0.25, 0.3) is 0 Å². The predicted octanol–water partition coefficient (Wildman–Crippen LogP) is 2.90. The van der Waals surface area contributed by atoms with Crippen molar-refractivity contribution < 1.29 is 17.9 Å². The van der Waals surface area contributed by atoms with Gasteiger partial charge in [0.05, 0.1) is 12.2 Å². The molecule has 2 heterocycles. The van der Waals surface area contributed by atoms with E-state index in [2.05, 4.69) is 23.6 Å². The summed E-state index contributed by atoms with van der Waals surface area (Å²) in [5, 5.41) is 0. The first-order valence-electron chi connectivity index (χ1n) is 8.02. The molecule has 0 amide bonds. The Morgan fingerprint density at radius 1 is 1.05 bits per heavy atom. The summed E-state index contributed by atoms with van der Waals surface area (Å²) in [5.41, 5.74) is 0. The van der Waals surface area contributed by atoms with Crippen LogP contribution in [0.1, 0.15) is 39.5 Å². The number of hydrogen-bond acceptors (Lipinski definition) is 3. The van der Waals surface area contributed by atoms with Gasteiger partial charge in [-0.2, -0.15) is 13.2 Å². The number of alkyl halides is 3. The van der Waals surface area contributed by atoms with Gasteiger partial charge in [0.2, 0.25) is 0 Å². The molecule has 0 unspecified atom stereocenters. The maximum absolute atomic E-state index is 12.2. The molecule has 2 aliphatic heterocycles. The molecule has 0 radical (unpaired) electrons. The zero-order valence-electron chi connectivity index (χ0n) is 13.0. The van der Waals surface area contributed by atoms with Crippen LogP contribution in [-0.2, 0) is 4.74 Å². The highest BCUT2D eigenvalue weighted by Crippen LogP contribution is 2.24. The van der Waals surface area contributed by atoms with E-state index in [1.807, 2.05) is 0 Å². The zero-order chi connectivity index (χ0) is 15.5. The fraction of sp³-hybridized carbons (Fsp3) is 1.00. The highest BCUT2D eigenvalue weighted by molar-refractivity contribution is 4.84. The molecule has 2 atom stereocenters. The minimum atomic E-state index is -4.02. The summed E-state index contributed by atoms with van der Waals surface area (Å²) >= 11 is 0. The molecule has 3 nitrogen and oxygen atoms in total. The second-order valence-corrected chi connectivity index (χ2v) is 6.50. The largest absolute Gasteiger partial charge is 0.389 e. The van der Waals surface area contributed by atoms with E-state index >= 15 is 0 Å². The molecule has 6 heteroatoms. The van der Waals surface area contributed by atoms with Crippen molar-refractivity contribution in [2.75, 3.05) is 32.7 Å². The SMILES string of the molecule is C[C@@H]1CN(C2CCN(CCCC(F)(F)F)CC2)C[C@H](C)O1. The standard InChI is InChI=1S/C15H27F3N2O/c1-12-10-20(11-13(2)21-12)14-4-8-19(9-5-14)7-3-6-15(16,17)18/h12-14H,3-11H2,1-2H3/t12-,13+. The Hall–Kier alpha value is -0.330. The van der Waals surface area contributed by atoms with Crippen LogP contribution in [0.3, 0.4) is 0 Å². The molecule has 124 valence electrons. The molecule has 0 aromatic rings. The number of ether oxygens (including phenoxy) is 1. The first-order valence-corrected chi connectivity index (χ1v) is 8.02. The van der Waals surface area contributed by atoms with Crippen LogP contribution in [-0.4, -0.2) is 66.9 Å². The van der Waals surface area contributed by atoms with Gasteiger partial charge in [-0.1, -0.05) is 0 Å². The van der Waals surface area contributed by atoms with Crippen LogP contribution in [0.15, 0.2) is 0 Å². The quantitative estimate of drug-likeness (QED) is 0.794. The molecular weight excluding hydrogens is 281 g/mol. The highest BCUT2D eigenvalue weighted by atomic mass is 19.4. The lowest BCUT2D eigenvalue weighted by Crippen LogP contribution is -2.53. The van der Waals surface area contributed by atoms with Gasteiger partial charge in [-0.05, 0) is 52.7 Å². The summed E-state index contributed by atoms with van der Waals surface area (Å²) in [4.78, 5) is 4.68. The van der Waals surface area contributed by atoms with Gasteiger partial charge >= 0.3 is 6.18 Å². The molecule has 0 aromatic carbocycles. The van der Waals surface area contributed by atoms with Crippen LogP contribution in [0, 0.1) is 0 Å². The smallest absolute Gasteiger partial charge is 0.373 e. The Bertz CT molecular complexity index is 307. The van der Waals surface area contributed by atoms with E-state index < -0.39 is 12.6 Å². The summed E-state index contributed by atoms with van der Waals surface area (Å²) < 4.78 is 42.2. The highest BCUT2D eigenvalue weighted by Gasteiger charge is 2.31. The maximum atomic E-state index is 12.2. The molecule has 21 heavy (non-hydrogen) atoms. The molecule has 0 aliphatic carbocycles. The molecule has 0 N–H and O–H groups in total. The lowest BCUT2D eigenvalue weighted by Gasteiger charge is -2.43. The van der Waals surface area contributed by atoms with E-state index in [4.69, 9.17) is 4.74 Å². The first kappa shape index (κ1) is 17.0. The van der Waals surface area contributed by atoms with Crippen molar-refractivity contribution in [1.82, 2.24) is 9.80 Å². The predicted molar refractivity (Wildman–Crippen MR) is 76.3 cm³/mol. The van der Waals surface area contributed by atoms with Gasteiger partial charge in [-0.3, -0.25) is 4.90 Å². The monoisotopic (exact) mass is 308 g/mol. The van der Waals surface area contributed by atoms with Gasteiger partial charge in [-0.15, -0.1) is 0 Å². The molecule has 2 rings (SSSR count). The summed E-state index contributed by atoms with van der Waals surface area (Å²) in [6.07, 6.45) is -1.78. The zero-order valence-corrected chi connectivity index (χ0v) is 13.0. The van der Waals surface area contributed by atoms with Gasteiger partial charge < -0.3 is 9.64 Å². The van der Waals surface area contributed by atoms with Crippen molar-refractivity contribution in [2.45, 2.75) is 64.0 Å². The van der Waals surface area contributed by atoms with Crippen LogP contribution in [0.4, 0.5) is 13.2 Å². The van der Waals surface area contributed by atoms with Crippen LogP contribution in [0.2, 0.25) is 0 Å². The Labute approximate surface area is 125 Å². The summed E-state index contributed by atoms with van der Waals surface area (Å²) in [5.74, 6) is 0. The van der Waals surface area contributed by atoms with E-state index in [0.29, 0.717) is 12.6 Å². The molecule has 2 saturated heterocycles. The first-order chi connectivity index (χ1) is 9.83. The molecule has 0 aromatic heterocycles. The topological polar surface area (TPSA) is 15.7 Å². The number of nitrogens with zero attached hydrogens (tertiary/aromatic N) is 2. The average molecular weight is 308 g/mol. The Morgan fingerprint density at radius 2 is 1.62 bits per heavy atom. The number of morpholine rings is 1. The maximum Gasteiger partial charge on any atom is 0.389 e. The van der Waals surface area contributed by atoms with Crippen molar-refractivity contribution >= 4 is 0 Å². The van der Waals surface area contributed by atoms with Crippen LogP contribution in [0.5, 0.6) is 0 Å². The van der Waals surface area contributed by atoms with Gasteiger partial charge in [0, 0.05) is 25.6 Å². The molecule has 2 aliphatic rings. The van der Waals surface area contributed by atoms with Gasteiger partial charge in [-0.25, -0.2) is 0 Å². The van der Waals surface area contributed by atoms with E-state index in [0.717, 1.165) is 39.0 Å². The van der Waals surface area contributed by atoms with Crippen molar-refractivity contribution in [1.29, 1.82) is 0 Å². The van der Waals surface area contributed by atoms with E-state index in [-0.39, 0.29) is 18.6 Å². The number of piperidine rings is 1. The third kappa shape index (κ3) is 5.75. The molecule has 0 spiro atoms. The van der Waals surface area contributed by atoms with Gasteiger partial charge in [0.1, 0.15) is 0 Å². The van der Waals surface area contributed by atoms with Crippen LogP contribution >= 0.6 is 0 Å². The minimum Gasteiger partial charge on any atom is -0.373 e. The number of rotatable bonds is 4. The Balaban J connectivity index is 1.68. The third-order valence-corrected chi connectivity index (χ3v) is 4.46. The van der Waals surface area contributed by atoms with Crippen molar-refractivity contribution in [3.05, 3.63) is 0 Å². The molecular formula is C15H27F3N2O. The minimum absolute atomic E-state index is 0.222. The molecule has 0 saturated carbocycles. The average Bonchev–Trinajstić information content (AvgIpc) is 2.37. The van der Waals surface area contributed by atoms with E-state index in [1.165, 1.54) is 0 Å². The van der Waals surface area contributed by atoms with Gasteiger partial charge in [0.15, 0.2) is 0 Å². The fourth-order valence-corrected chi connectivity index (χ4v) is 3.53. The van der Waals surface area contributed by atoms with Crippen molar-refractivity contribution in [3.8, 4) is 0 Å². The third-order valence-electron chi connectivity index (χ3n) is 4.46. The number of likely N-dealkylation sites (tertiary alicyclic amines) is 1. The summed E-state index contributed by atoms with van der Waals surface area (Å²) in [6.45, 7) is 8.57. The second-order valence-electron chi connectivity index (χ2n) is 6.50. The van der Waals surface area contributed by atoms with Crippen molar-refractivity contribution in [3.63, 3.8) is 0 Å². The van der Waals surface area contributed by atoms with Crippen LogP contribution < -0.4 is 0 Å². The normalized spacial score (nSPS) is 30.7. The Kier molecular flexibility index (Phi) is 5.91. The lowest BCUT2D eigenvalue weighted by molar-refractivity contribution is -0.136. The van der Waals surface area contributed by atoms with Crippen LogP contribution in [0.25, 0.3) is 0 Å². The lowest BCUT2D eigenvalue weighted by atomic mass is 10.0. The second kappa shape index (κ2) is 7.29. The Morgan fingerprint density at radius 3 is 2.14 bits per heavy atom. The molecule has 2 fully saturated rings. The summed E-state index contributed by atoms with van der Waals surface area (Å²) in [7, 11) is 0. The van der Waals surface area contributed by atoms with E-state index in [9.17, 15) is 13.2 Å². The number of hydrogen-bond donors (Lipinski definition) is 0. The van der Waals surface area contributed by atoms with Crippen molar-refractivity contribution in [2.24, 2.45) is 0 Å². The molecule has 0 bridgehead atoms. The summed E-state index contributed by atoms with van der Waals surface area (Å²) in [6, 6.07) is 0.567.